The molecule has 0 radical (unpaired) electrons. The number of nitrogens with zero attached hydrogens (tertiary/aromatic N) is 5. The van der Waals surface area contributed by atoms with E-state index < -0.39 is 54.6 Å². The van der Waals surface area contributed by atoms with Crippen molar-refractivity contribution in [2.45, 2.75) is 102 Å². The normalized spacial score (nSPS) is 24.1. The molecule has 3 fully saturated rings. The second-order valence-corrected chi connectivity index (χ2v) is 17.6. The van der Waals surface area contributed by atoms with Gasteiger partial charge in [0, 0.05) is 30.5 Å². The van der Waals surface area contributed by atoms with E-state index in [1.54, 1.807) is 12.4 Å². The SMILES string of the molecule is COC(=O)N[C@H](C(=O)N1C[C@@H](F)C[C@H]1c1ncc(-c2ccc(-c3ccc(-c4cnc([C@@H]5C[C@@H](F)CN5C(=O)[C@@H](NC(=O)OC)C(C)C)[nH]4)c4c3C3CCC4N3C)cc2)[nH]1)C(C)C. The quantitative estimate of drug-likeness (QED) is 0.124. The van der Waals surface area contributed by atoms with E-state index in [-0.39, 0.29) is 55.8 Å². The molecule has 0 aliphatic carbocycles. The number of benzene rings is 2. The molecule has 6 heterocycles. The Morgan fingerprint density at radius 3 is 1.58 bits per heavy atom. The first-order valence-corrected chi connectivity index (χ1v) is 21.4. The van der Waals surface area contributed by atoms with Gasteiger partial charge in [0.15, 0.2) is 0 Å². The molecule has 15 nitrogen and oxygen atoms in total. The van der Waals surface area contributed by atoms with Gasteiger partial charge in [0.2, 0.25) is 11.8 Å². The highest BCUT2D eigenvalue weighted by Gasteiger charge is 2.46. The molecule has 8 atom stereocenters. The number of H-pyrrole nitrogens is 2. The molecule has 62 heavy (non-hydrogen) atoms. The molecule has 2 aromatic carbocycles. The summed E-state index contributed by atoms with van der Waals surface area (Å²) in [5, 5.41) is 5.22. The summed E-state index contributed by atoms with van der Waals surface area (Å²) in [7, 11) is 4.63. The number of carbonyl (C=O) groups is 4. The fourth-order valence-corrected chi connectivity index (χ4v) is 9.93. The zero-order valence-electron chi connectivity index (χ0n) is 36.1. The van der Waals surface area contributed by atoms with Crippen LogP contribution in [0.4, 0.5) is 18.4 Å². The minimum Gasteiger partial charge on any atom is -0.453 e. The molecule has 330 valence electrons. The maximum absolute atomic E-state index is 15.1. The van der Waals surface area contributed by atoms with Crippen LogP contribution < -0.4 is 10.6 Å². The number of halogens is 2. The summed E-state index contributed by atoms with van der Waals surface area (Å²) < 4.78 is 39.4. The fraction of sp³-hybridized carbons (Fsp3) is 0.511. The second-order valence-electron chi connectivity index (χ2n) is 17.6. The number of carbonyl (C=O) groups excluding carboxylic acids is 4. The molecule has 3 saturated heterocycles. The Labute approximate surface area is 359 Å². The zero-order valence-corrected chi connectivity index (χ0v) is 36.1. The number of likely N-dealkylation sites (tertiary alicyclic amines) is 2. The van der Waals surface area contributed by atoms with E-state index in [1.807, 2.05) is 39.8 Å². The molecule has 4 aliphatic heterocycles. The highest BCUT2D eigenvalue weighted by molar-refractivity contribution is 5.87. The number of amides is 4. The van der Waals surface area contributed by atoms with Crippen LogP contribution in [-0.4, -0.2) is 117 Å². The number of hydrogen-bond donors (Lipinski definition) is 4. The largest absolute Gasteiger partial charge is 0.453 e. The van der Waals surface area contributed by atoms with E-state index in [4.69, 9.17) is 14.5 Å². The first-order valence-electron chi connectivity index (χ1n) is 21.4. The van der Waals surface area contributed by atoms with Gasteiger partial charge in [-0.25, -0.2) is 28.3 Å². The van der Waals surface area contributed by atoms with Crippen LogP contribution >= 0.6 is 0 Å². The Morgan fingerprint density at radius 1 is 0.661 bits per heavy atom. The number of alkyl carbamates (subject to hydrolysis) is 2. The van der Waals surface area contributed by atoms with Gasteiger partial charge in [0.25, 0.3) is 0 Å². The second kappa shape index (κ2) is 17.1. The standard InChI is InChI=1S/C45H55F2N9O6/c1-22(2)38(52-44(59)61-6)42(57)55-20-26(46)16-34(55)40-48-18-30(50-40)25-10-8-24(9-11-25)28-12-13-29(37-33-15-14-32(36(28)37)54(33)5)31-19-49-41(51-31)35-17-27(47)21-56(35)43(58)39(23(3)4)53-45(60)62-7/h8-13,18-19,22-23,26-27,32-35,38-39H,14-17,20-21H2,1-7H3,(H,48,50)(H,49,51)(H,52,59)(H,53,60)/t26-,27+,32?,33?,34-,35-,38-,39-/m0/s1. The Hall–Kier alpha value is -5.84. The predicted molar refractivity (Wildman–Crippen MR) is 226 cm³/mol. The average molecular weight is 856 g/mol. The highest BCUT2D eigenvalue weighted by Crippen LogP contribution is 2.57. The van der Waals surface area contributed by atoms with Gasteiger partial charge < -0.3 is 39.9 Å². The summed E-state index contributed by atoms with van der Waals surface area (Å²) in [5.41, 5.74) is 8.06. The molecule has 0 spiro atoms. The summed E-state index contributed by atoms with van der Waals surface area (Å²) in [6.45, 7) is 7.06. The van der Waals surface area contributed by atoms with Crippen LogP contribution in [-0.2, 0) is 19.1 Å². The van der Waals surface area contributed by atoms with Crippen molar-refractivity contribution in [1.82, 2.24) is 45.3 Å². The monoisotopic (exact) mass is 855 g/mol. The lowest BCUT2D eigenvalue weighted by Crippen LogP contribution is -2.51. The number of aromatic amines is 2. The van der Waals surface area contributed by atoms with Gasteiger partial charge in [0.05, 0.1) is 63.2 Å². The van der Waals surface area contributed by atoms with E-state index in [9.17, 15) is 23.6 Å². The fourth-order valence-electron chi connectivity index (χ4n) is 9.93. The highest BCUT2D eigenvalue weighted by atomic mass is 19.1. The number of ether oxygens (including phenoxy) is 2. The lowest BCUT2D eigenvalue weighted by atomic mass is 9.82. The predicted octanol–water partition coefficient (Wildman–Crippen LogP) is 6.94. The van der Waals surface area contributed by atoms with Crippen LogP contribution in [0.1, 0.15) is 100 Å². The lowest BCUT2D eigenvalue weighted by molar-refractivity contribution is -0.136. The van der Waals surface area contributed by atoms with Crippen molar-refractivity contribution >= 4 is 24.0 Å². The Kier molecular flexibility index (Phi) is 11.8. The molecular weight excluding hydrogens is 801 g/mol. The smallest absolute Gasteiger partial charge is 0.407 e. The molecule has 2 aromatic heterocycles. The van der Waals surface area contributed by atoms with E-state index in [0.29, 0.717) is 11.6 Å². The summed E-state index contributed by atoms with van der Waals surface area (Å²) in [6.07, 6.45) is 1.75. The number of aromatic nitrogens is 4. The summed E-state index contributed by atoms with van der Waals surface area (Å²) in [4.78, 5) is 73.0. The van der Waals surface area contributed by atoms with Crippen LogP contribution in [0.25, 0.3) is 33.6 Å². The van der Waals surface area contributed by atoms with Crippen LogP contribution in [0.2, 0.25) is 0 Å². The third-order valence-corrected chi connectivity index (χ3v) is 13.1. The van der Waals surface area contributed by atoms with Crippen LogP contribution in [0.15, 0.2) is 48.8 Å². The van der Waals surface area contributed by atoms with Gasteiger partial charge in [-0.3, -0.25) is 14.5 Å². The van der Waals surface area contributed by atoms with Crippen molar-refractivity contribution < 1.29 is 37.4 Å². The van der Waals surface area contributed by atoms with Crippen molar-refractivity contribution in [1.29, 1.82) is 0 Å². The van der Waals surface area contributed by atoms with Crippen molar-refractivity contribution in [2.75, 3.05) is 34.4 Å². The van der Waals surface area contributed by atoms with Gasteiger partial charge in [-0.2, -0.15) is 0 Å². The number of nitrogens with one attached hydrogen (secondary N) is 4. The first-order chi connectivity index (χ1) is 29.7. The third kappa shape index (κ3) is 7.79. The molecule has 4 amide bonds. The molecule has 17 heteroatoms. The Bertz CT molecular complexity index is 2330. The third-order valence-electron chi connectivity index (χ3n) is 13.1. The van der Waals surface area contributed by atoms with Gasteiger partial charge in [-0.15, -0.1) is 0 Å². The van der Waals surface area contributed by atoms with Crippen molar-refractivity contribution in [3.63, 3.8) is 0 Å². The van der Waals surface area contributed by atoms with Crippen molar-refractivity contribution in [2.24, 2.45) is 11.8 Å². The number of imidazole rings is 2. The number of fused-ring (bicyclic) bond motifs is 5. The number of hydrogen-bond acceptors (Lipinski definition) is 9. The van der Waals surface area contributed by atoms with Crippen LogP contribution in [0.3, 0.4) is 0 Å². The molecular formula is C45H55F2N9O6. The van der Waals surface area contributed by atoms with Crippen molar-refractivity contribution in [3.8, 4) is 33.6 Å². The van der Waals surface area contributed by atoms with Gasteiger partial charge in [0.1, 0.15) is 36.1 Å². The number of alkyl halides is 2. The van der Waals surface area contributed by atoms with Crippen LogP contribution in [0, 0.1) is 11.8 Å². The summed E-state index contributed by atoms with van der Waals surface area (Å²) >= 11 is 0. The Balaban J connectivity index is 1.04. The number of methoxy groups -OCH3 is 2. The summed E-state index contributed by atoms with van der Waals surface area (Å²) in [5.74, 6) is -0.313. The van der Waals surface area contributed by atoms with E-state index in [1.165, 1.54) is 35.1 Å². The molecule has 0 saturated carbocycles. The average Bonchev–Trinajstić information content (AvgIpc) is 4.13. The molecule has 4 aliphatic rings. The van der Waals surface area contributed by atoms with Gasteiger partial charge in [-0.1, -0.05) is 64.1 Å². The topological polar surface area (TPSA) is 178 Å². The summed E-state index contributed by atoms with van der Waals surface area (Å²) in [6, 6.07) is 9.86. The Morgan fingerprint density at radius 2 is 1.10 bits per heavy atom. The minimum atomic E-state index is -1.24. The number of rotatable bonds is 11. The van der Waals surface area contributed by atoms with Gasteiger partial charge in [-0.05, 0) is 59.5 Å². The first kappa shape index (κ1) is 42.8. The maximum Gasteiger partial charge on any atom is 0.407 e. The van der Waals surface area contributed by atoms with Gasteiger partial charge >= 0.3 is 12.2 Å². The zero-order chi connectivity index (χ0) is 44.1. The minimum absolute atomic E-state index is 0.0873. The maximum atomic E-state index is 15.1. The molecule has 2 bridgehead atoms. The molecule has 4 N–H and O–H groups in total. The molecule has 2 unspecified atom stereocenters. The van der Waals surface area contributed by atoms with E-state index in [2.05, 4.69) is 61.8 Å². The van der Waals surface area contributed by atoms with E-state index in [0.717, 1.165) is 46.5 Å². The van der Waals surface area contributed by atoms with Crippen LogP contribution in [0.5, 0.6) is 0 Å². The van der Waals surface area contributed by atoms with E-state index >= 15 is 4.39 Å². The molecule has 8 rings (SSSR count). The van der Waals surface area contributed by atoms with Crippen molar-refractivity contribution in [3.05, 3.63) is 71.6 Å². The lowest BCUT2D eigenvalue weighted by Gasteiger charge is -2.29. The molecule has 4 aromatic rings.